The van der Waals surface area contributed by atoms with Crippen molar-refractivity contribution in [2.24, 2.45) is 0 Å². The van der Waals surface area contributed by atoms with Gasteiger partial charge in [-0.1, -0.05) is 44.5 Å². The molecule has 15 heavy (non-hydrogen) atoms. The summed E-state index contributed by atoms with van der Waals surface area (Å²) in [6, 6.07) is 6.80. The number of benzene rings is 1. The fraction of sp³-hybridized carbons (Fsp3) is 0.467. The van der Waals surface area contributed by atoms with Gasteiger partial charge in [-0.15, -0.1) is 0 Å². The first-order valence-electron chi connectivity index (χ1n) is 6.13. The molecule has 1 aromatic carbocycles. The Morgan fingerprint density at radius 2 is 1.80 bits per heavy atom. The van der Waals surface area contributed by atoms with Crippen LogP contribution >= 0.6 is 0 Å². The zero-order valence-electron chi connectivity index (χ0n) is 10.1. The van der Waals surface area contributed by atoms with Gasteiger partial charge < -0.3 is 0 Å². The molecule has 0 aliphatic heterocycles. The van der Waals surface area contributed by atoms with Gasteiger partial charge in [-0.2, -0.15) is 0 Å². The highest BCUT2D eigenvalue weighted by Gasteiger charge is 2.20. The predicted octanol–water partition coefficient (Wildman–Crippen LogP) is 4.38. The Morgan fingerprint density at radius 1 is 1.00 bits per heavy atom. The number of fused-ring (bicyclic) bond motifs is 1. The highest BCUT2D eigenvalue weighted by atomic mass is 14.2. The van der Waals surface area contributed by atoms with Gasteiger partial charge in [-0.05, 0) is 47.9 Å². The maximum Gasteiger partial charge on any atom is -0.00550 e. The van der Waals surface area contributed by atoms with Crippen molar-refractivity contribution in [2.45, 2.75) is 46.5 Å². The fourth-order valence-electron chi connectivity index (χ4n) is 2.76. The normalized spacial score (nSPS) is 14.6. The highest BCUT2D eigenvalue weighted by Crippen LogP contribution is 2.38. The number of aryl methyl sites for hydroxylation is 1. The molecule has 2 rings (SSSR count). The summed E-state index contributed by atoms with van der Waals surface area (Å²) in [5.41, 5.74) is 7.97. The van der Waals surface area contributed by atoms with E-state index in [4.69, 9.17) is 0 Å². The summed E-state index contributed by atoms with van der Waals surface area (Å²) in [6.07, 6.45) is 4.75. The summed E-state index contributed by atoms with van der Waals surface area (Å²) in [5, 5.41) is 0. The first kappa shape index (κ1) is 10.5. The molecular weight excluding hydrogens is 180 g/mol. The molecule has 0 amide bonds. The quantitative estimate of drug-likeness (QED) is 0.679. The summed E-state index contributed by atoms with van der Waals surface area (Å²) in [4.78, 5) is 0. The second kappa shape index (κ2) is 4.22. The summed E-state index contributed by atoms with van der Waals surface area (Å²) in [6.45, 7) is 6.82. The SMILES string of the molecule is CCC1=C(CC)c2c(CC)cccc2C1. The van der Waals surface area contributed by atoms with E-state index in [0.29, 0.717) is 0 Å². The lowest BCUT2D eigenvalue weighted by atomic mass is 9.95. The Bertz CT molecular complexity index is 396. The molecule has 1 aliphatic carbocycles. The predicted molar refractivity (Wildman–Crippen MR) is 67.0 cm³/mol. The topological polar surface area (TPSA) is 0 Å². The molecule has 0 radical (unpaired) electrons. The van der Waals surface area contributed by atoms with Crippen molar-refractivity contribution < 1.29 is 0 Å². The van der Waals surface area contributed by atoms with Crippen molar-refractivity contribution in [1.82, 2.24) is 0 Å². The van der Waals surface area contributed by atoms with Gasteiger partial charge in [0.05, 0.1) is 0 Å². The van der Waals surface area contributed by atoms with Crippen LogP contribution in [0.25, 0.3) is 5.57 Å². The number of allylic oxidation sites excluding steroid dienone is 2. The van der Waals surface area contributed by atoms with E-state index < -0.39 is 0 Å². The third kappa shape index (κ3) is 1.62. The van der Waals surface area contributed by atoms with Crippen LogP contribution in [0.1, 0.15) is 50.3 Å². The largest absolute Gasteiger partial charge is 0.0623 e. The average molecular weight is 200 g/mol. The summed E-state index contributed by atoms with van der Waals surface area (Å²) < 4.78 is 0. The molecule has 0 saturated heterocycles. The van der Waals surface area contributed by atoms with Crippen molar-refractivity contribution in [2.75, 3.05) is 0 Å². The maximum absolute atomic E-state index is 2.30. The van der Waals surface area contributed by atoms with E-state index in [0.717, 1.165) is 6.42 Å². The van der Waals surface area contributed by atoms with Crippen LogP contribution in [0.15, 0.2) is 23.8 Å². The van der Waals surface area contributed by atoms with Gasteiger partial charge >= 0.3 is 0 Å². The number of hydrogen-bond donors (Lipinski definition) is 0. The van der Waals surface area contributed by atoms with Crippen LogP contribution in [0.5, 0.6) is 0 Å². The second-order valence-electron chi connectivity index (χ2n) is 4.27. The van der Waals surface area contributed by atoms with Crippen molar-refractivity contribution in [1.29, 1.82) is 0 Å². The van der Waals surface area contributed by atoms with Crippen molar-refractivity contribution in [3.05, 3.63) is 40.5 Å². The smallest absolute Gasteiger partial charge is 0.00550 e. The van der Waals surface area contributed by atoms with Gasteiger partial charge in [0.15, 0.2) is 0 Å². The molecule has 0 unspecified atom stereocenters. The number of hydrogen-bond acceptors (Lipinski definition) is 0. The second-order valence-corrected chi connectivity index (χ2v) is 4.27. The molecule has 80 valence electrons. The minimum Gasteiger partial charge on any atom is -0.0623 e. The van der Waals surface area contributed by atoms with Gasteiger partial charge in [0.2, 0.25) is 0 Å². The van der Waals surface area contributed by atoms with Crippen LogP contribution in [0.2, 0.25) is 0 Å². The molecular formula is C15H20. The van der Waals surface area contributed by atoms with E-state index in [1.54, 1.807) is 22.3 Å². The average Bonchev–Trinajstić information content (AvgIpc) is 2.66. The first-order chi connectivity index (χ1) is 7.31. The van der Waals surface area contributed by atoms with Gasteiger partial charge in [-0.25, -0.2) is 0 Å². The Kier molecular flexibility index (Phi) is 2.95. The molecule has 0 heteroatoms. The van der Waals surface area contributed by atoms with Crippen LogP contribution in [0.3, 0.4) is 0 Å². The third-order valence-electron chi connectivity index (χ3n) is 3.53. The zero-order chi connectivity index (χ0) is 10.8. The number of rotatable bonds is 3. The van der Waals surface area contributed by atoms with E-state index >= 15 is 0 Å². The molecule has 1 aromatic rings. The summed E-state index contributed by atoms with van der Waals surface area (Å²) >= 11 is 0. The minimum absolute atomic E-state index is 1.16. The molecule has 0 atom stereocenters. The van der Waals surface area contributed by atoms with E-state index in [-0.39, 0.29) is 0 Å². The van der Waals surface area contributed by atoms with E-state index in [1.165, 1.54) is 24.8 Å². The van der Waals surface area contributed by atoms with Crippen molar-refractivity contribution >= 4 is 5.57 Å². The van der Waals surface area contributed by atoms with Crippen LogP contribution in [-0.4, -0.2) is 0 Å². The monoisotopic (exact) mass is 200 g/mol. The lowest BCUT2D eigenvalue weighted by Crippen LogP contribution is -1.92. The lowest BCUT2D eigenvalue weighted by Gasteiger charge is -2.09. The van der Waals surface area contributed by atoms with Gasteiger partial charge in [0.25, 0.3) is 0 Å². The fourth-order valence-corrected chi connectivity index (χ4v) is 2.76. The summed E-state index contributed by atoms with van der Waals surface area (Å²) in [5.74, 6) is 0. The molecule has 0 nitrogen and oxygen atoms in total. The molecule has 1 aliphatic rings. The molecule has 0 saturated carbocycles. The van der Waals surface area contributed by atoms with Gasteiger partial charge in [0, 0.05) is 0 Å². The maximum atomic E-state index is 2.30. The van der Waals surface area contributed by atoms with E-state index in [9.17, 15) is 0 Å². The standard InChI is InChI=1S/C15H20/c1-4-11-8-7-9-13-10-12(5-2)14(6-3)15(11)13/h7-9H,4-6,10H2,1-3H3. The molecule has 0 aromatic heterocycles. The Balaban J connectivity index is 2.56. The Hall–Kier alpha value is -1.04. The van der Waals surface area contributed by atoms with Crippen LogP contribution in [0, 0.1) is 0 Å². The minimum atomic E-state index is 1.16. The van der Waals surface area contributed by atoms with E-state index in [2.05, 4.69) is 39.0 Å². The third-order valence-corrected chi connectivity index (χ3v) is 3.53. The van der Waals surface area contributed by atoms with E-state index in [1.807, 2.05) is 0 Å². The molecule has 0 N–H and O–H groups in total. The molecule has 0 fully saturated rings. The lowest BCUT2D eigenvalue weighted by molar-refractivity contribution is 1.02. The van der Waals surface area contributed by atoms with Crippen LogP contribution in [0.4, 0.5) is 0 Å². The highest BCUT2D eigenvalue weighted by molar-refractivity contribution is 5.78. The summed E-state index contributed by atoms with van der Waals surface area (Å²) in [7, 11) is 0. The Labute approximate surface area is 93.0 Å². The van der Waals surface area contributed by atoms with Crippen molar-refractivity contribution in [3.8, 4) is 0 Å². The Morgan fingerprint density at radius 3 is 2.40 bits per heavy atom. The van der Waals surface area contributed by atoms with Crippen molar-refractivity contribution in [3.63, 3.8) is 0 Å². The van der Waals surface area contributed by atoms with Crippen LogP contribution in [-0.2, 0) is 12.8 Å². The molecule has 0 heterocycles. The van der Waals surface area contributed by atoms with Gasteiger partial charge in [-0.3, -0.25) is 0 Å². The molecule has 0 spiro atoms. The molecule has 0 bridgehead atoms. The zero-order valence-corrected chi connectivity index (χ0v) is 10.1. The first-order valence-corrected chi connectivity index (χ1v) is 6.13. The van der Waals surface area contributed by atoms with Crippen LogP contribution < -0.4 is 0 Å². The van der Waals surface area contributed by atoms with Gasteiger partial charge in [0.1, 0.15) is 0 Å².